The molecular weight excluding hydrogens is 240 g/mol. The third kappa shape index (κ3) is 8.28. The Hall–Kier alpha value is 0.137. The van der Waals surface area contributed by atoms with E-state index < -0.39 is 8.56 Å². The minimum atomic E-state index is -1.89. The fourth-order valence-corrected chi connectivity index (χ4v) is 3.96. The van der Waals surface area contributed by atoms with Gasteiger partial charge in [0.25, 0.3) is 0 Å². The van der Waals surface area contributed by atoms with E-state index in [1.54, 1.807) is 0 Å². The molecule has 0 fully saturated rings. The quantitative estimate of drug-likeness (QED) is 0.514. The van der Waals surface area contributed by atoms with Gasteiger partial charge in [0.1, 0.15) is 0 Å². The highest BCUT2D eigenvalue weighted by atomic mass is 28.4. The zero-order chi connectivity index (χ0) is 14.2. The second kappa shape index (κ2) is 8.34. The lowest BCUT2D eigenvalue weighted by Gasteiger charge is -2.29. The van der Waals surface area contributed by atoms with Crippen molar-refractivity contribution in [3.8, 4) is 0 Å². The van der Waals surface area contributed by atoms with Gasteiger partial charge >= 0.3 is 8.56 Å². The fourth-order valence-electron chi connectivity index (χ4n) is 2.11. The predicted molar refractivity (Wildman–Crippen MR) is 82.2 cm³/mol. The molecule has 3 heteroatoms. The lowest BCUT2D eigenvalue weighted by atomic mass is 9.84. The van der Waals surface area contributed by atoms with Crippen molar-refractivity contribution in [2.75, 3.05) is 6.61 Å². The topological polar surface area (TPSA) is 18.5 Å². The van der Waals surface area contributed by atoms with Gasteiger partial charge in [-0.1, -0.05) is 40.5 Å². The standard InChI is InChI=1S/C15H34O2Si/c1-8-14(17-18(6,7)16-10-3)12-11-13-15(4,5)9-2/h14H,8-13H2,1-7H3. The van der Waals surface area contributed by atoms with Crippen LogP contribution in [-0.2, 0) is 8.85 Å². The molecule has 0 rings (SSSR count). The molecule has 0 aliphatic carbocycles. The molecule has 0 saturated carbocycles. The highest BCUT2D eigenvalue weighted by molar-refractivity contribution is 6.64. The van der Waals surface area contributed by atoms with Gasteiger partial charge in [-0.05, 0) is 44.7 Å². The maximum Gasteiger partial charge on any atom is 0.331 e. The van der Waals surface area contributed by atoms with Crippen LogP contribution in [0, 0.1) is 5.41 Å². The highest BCUT2D eigenvalue weighted by Crippen LogP contribution is 2.28. The van der Waals surface area contributed by atoms with Gasteiger partial charge in [-0.25, -0.2) is 0 Å². The Balaban J connectivity index is 4.05. The van der Waals surface area contributed by atoms with Crippen LogP contribution in [0.1, 0.15) is 66.7 Å². The summed E-state index contributed by atoms with van der Waals surface area (Å²) < 4.78 is 11.9. The van der Waals surface area contributed by atoms with Crippen LogP contribution >= 0.6 is 0 Å². The second-order valence-corrected chi connectivity index (χ2v) is 9.71. The first-order valence-electron chi connectivity index (χ1n) is 7.58. The van der Waals surface area contributed by atoms with Gasteiger partial charge in [0.15, 0.2) is 0 Å². The van der Waals surface area contributed by atoms with Crippen LogP contribution < -0.4 is 0 Å². The van der Waals surface area contributed by atoms with Crippen LogP contribution in [0.2, 0.25) is 13.1 Å². The zero-order valence-corrected chi connectivity index (χ0v) is 14.6. The molecule has 0 aromatic carbocycles. The van der Waals surface area contributed by atoms with Gasteiger partial charge in [-0.3, -0.25) is 0 Å². The van der Waals surface area contributed by atoms with Crippen LogP contribution in [0.5, 0.6) is 0 Å². The Bertz CT molecular complexity index is 215. The molecule has 0 saturated heterocycles. The monoisotopic (exact) mass is 274 g/mol. The minimum absolute atomic E-state index is 0.380. The SMILES string of the molecule is CCO[Si](C)(C)OC(CC)CCCC(C)(C)CC. The van der Waals surface area contributed by atoms with Crippen molar-refractivity contribution in [2.24, 2.45) is 5.41 Å². The fraction of sp³-hybridized carbons (Fsp3) is 1.00. The molecule has 0 aliphatic heterocycles. The second-order valence-electron chi connectivity index (χ2n) is 6.39. The summed E-state index contributed by atoms with van der Waals surface area (Å²) in [5, 5.41) is 0. The van der Waals surface area contributed by atoms with Crippen molar-refractivity contribution in [1.82, 2.24) is 0 Å². The van der Waals surface area contributed by atoms with Crippen molar-refractivity contribution >= 4 is 8.56 Å². The van der Waals surface area contributed by atoms with Gasteiger partial charge in [0, 0.05) is 12.7 Å². The van der Waals surface area contributed by atoms with E-state index in [2.05, 4.69) is 40.8 Å². The summed E-state index contributed by atoms with van der Waals surface area (Å²) in [5.74, 6) is 0. The lowest BCUT2D eigenvalue weighted by Crippen LogP contribution is -2.39. The Labute approximate surface area is 116 Å². The maximum absolute atomic E-state index is 6.19. The molecule has 0 aromatic heterocycles. The van der Waals surface area contributed by atoms with Crippen molar-refractivity contribution in [3.05, 3.63) is 0 Å². The third-order valence-corrected chi connectivity index (χ3v) is 5.62. The molecule has 18 heavy (non-hydrogen) atoms. The highest BCUT2D eigenvalue weighted by Gasteiger charge is 2.27. The van der Waals surface area contributed by atoms with E-state index in [1.807, 2.05) is 6.92 Å². The van der Waals surface area contributed by atoms with Crippen LogP contribution in [0.15, 0.2) is 0 Å². The summed E-state index contributed by atoms with van der Waals surface area (Å²) >= 11 is 0. The van der Waals surface area contributed by atoms with Crippen molar-refractivity contribution in [3.63, 3.8) is 0 Å². The maximum atomic E-state index is 6.19. The Kier molecular flexibility index (Phi) is 8.40. The molecule has 0 aromatic rings. The predicted octanol–water partition coefficient (Wildman–Crippen LogP) is 5.13. The first-order chi connectivity index (χ1) is 8.26. The van der Waals surface area contributed by atoms with Crippen LogP contribution in [0.25, 0.3) is 0 Å². The minimum Gasteiger partial charge on any atom is -0.395 e. The summed E-state index contributed by atoms with van der Waals surface area (Å²) in [6.45, 7) is 16.3. The van der Waals surface area contributed by atoms with Crippen molar-refractivity contribution in [2.45, 2.75) is 85.9 Å². The summed E-state index contributed by atoms with van der Waals surface area (Å²) in [4.78, 5) is 0. The Morgan fingerprint density at radius 3 is 2.17 bits per heavy atom. The van der Waals surface area contributed by atoms with Crippen molar-refractivity contribution < 1.29 is 8.85 Å². The molecule has 0 bridgehead atoms. The average molecular weight is 275 g/mol. The van der Waals surface area contributed by atoms with Gasteiger partial charge in [-0.15, -0.1) is 0 Å². The van der Waals surface area contributed by atoms with E-state index in [4.69, 9.17) is 8.85 Å². The molecule has 0 amide bonds. The van der Waals surface area contributed by atoms with Crippen molar-refractivity contribution in [1.29, 1.82) is 0 Å². The van der Waals surface area contributed by atoms with E-state index in [1.165, 1.54) is 25.7 Å². The van der Waals surface area contributed by atoms with Crippen LogP contribution in [0.3, 0.4) is 0 Å². The van der Waals surface area contributed by atoms with Gasteiger partial charge < -0.3 is 8.85 Å². The molecule has 110 valence electrons. The molecule has 0 heterocycles. The van der Waals surface area contributed by atoms with E-state index >= 15 is 0 Å². The normalized spacial score (nSPS) is 14.8. The summed E-state index contributed by atoms with van der Waals surface area (Å²) in [6.07, 6.45) is 6.45. The third-order valence-electron chi connectivity index (χ3n) is 3.73. The first kappa shape index (κ1) is 18.1. The Morgan fingerprint density at radius 2 is 1.72 bits per heavy atom. The molecule has 0 aliphatic rings. The summed E-state index contributed by atoms with van der Waals surface area (Å²) in [7, 11) is -1.89. The zero-order valence-electron chi connectivity index (χ0n) is 13.6. The van der Waals surface area contributed by atoms with Gasteiger partial charge in [0.05, 0.1) is 0 Å². The first-order valence-corrected chi connectivity index (χ1v) is 10.4. The molecule has 0 radical (unpaired) electrons. The lowest BCUT2D eigenvalue weighted by molar-refractivity contribution is 0.110. The average Bonchev–Trinajstić information content (AvgIpc) is 2.27. The van der Waals surface area contributed by atoms with Crippen LogP contribution in [0.4, 0.5) is 0 Å². The van der Waals surface area contributed by atoms with Gasteiger partial charge in [-0.2, -0.15) is 0 Å². The smallest absolute Gasteiger partial charge is 0.331 e. The van der Waals surface area contributed by atoms with E-state index in [9.17, 15) is 0 Å². The number of rotatable bonds is 10. The summed E-state index contributed by atoms with van der Waals surface area (Å²) in [6, 6.07) is 0. The number of hydrogen-bond acceptors (Lipinski definition) is 2. The molecule has 0 spiro atoms. The van der Waals surface area contributed by atoms with E-state index in [-0.39, 0.29) is 0 Å². The number of hydrogen-bond donors (Lipinski definition) is 0. The van der Waals surface area contributed by atoms with Crippen LogP contribution in [-0.4, -0.2) is 21.3 Å². The molecular formula is C15H34O2Si. The van der Waals surface area contributed by atoms with Gasteiger partial charge in [0.2, 0.25) is 0 Å². The molecule has 1 atom stereocenters. The van der Waals surface area contributed by atoms with E-state index in [0.717, 1.165) is 13.0 Å². The molecule has 2 nitrogen and oxygen atoms in total. The van der Waals surface area contributed by atoms with E-state index in [0.29, 0.717) is 11.5 Å². The summed E-state index contributed by atoms with van der Waals surface area (Å²) in [5.41, 5.74) is 0.477. The molecule has 1 unspecified atom stereocenters. The molecule has 0 N–H and O–H groups in total. The largest absolute Gasteiger partial charge is 0.395 e. The Morgan fingerprint density at radius 1 is 1.11 bits per heavy atom.